The lowest BCUT2D eigenvalue weighted by molar-refractivity contribution is 0.467. The van der Waals surface area contributed by atoms with Crippen molar-refractivity contribution in [1.82, 2.24) is 0 Å². The van der Waals surface area contributed by atoms with Gasteiger partial charge in [-0.2, -0.15) is 0 Å². The van der Waals surface area contributed by atoms with E-state index in [1.807, 2.05) is 0 Å². The van der Waals surface area contributed by atoms with Crippen LogP contribution in [0.25, 0.3) is 6.08 Å². The Hall–Kier alpha value is -1.02. The zero-order valence-electron chi connectivity index (χ0n) is 7.22. The molecule has 1 nitrogen and oxygen atoms in total. The molecule has 0 unspecified atom stereocenters. The number of hydrogen-bond donors (Lipinski definition) is 1. The fourth-order valence-corrected chi connectivity index (χ4v) is 1.15. The minimum absolute atomic E-state index is 0.0998. The highest BCUT2D eigenvalue weighted by atomic mass is 35.5. The minimum Gasteiger partial charge on any atom is -0.507 e. The first kappa shape index (κ1) is 10.1. The van der Waals surface area contributed by atoms with E-state index in [2.05, 4.69) is 0 Å². The number of hydrogen-bond acceptors (Lipinski definition) is 1. The maximum absolute atomic E-state index is 12.9. The van der Waals surface area contributed by atoms with Crippen LogP contribution in [0, 0.1) is 12.7 Å². The van der Waals surface area contributed by atoms with Crippen LogP contribution in [0.3, 0.4) is 0 Å². The molecule has 0 aliphatic heterocycles. The van der Waals surface area contributed by atoms with Gasteiger partial charge in [0.15, 0.2) is 0 Å². The Kier molecular flexibility index (Phi) is 3.32. The molecule has 1 aromatic rings. The third-order valence-corrected chi connectivity index (χ3v) is 1.86. The predicted molar refractivity (Wildman–Crippen MR) is 52.6 cm³/mol. The highest BCUT2D eigenvalue weighted by molar-refractivity contribution is 6.19. The van der Waals surface area contributed by atoms with Crippen molar-refractivity contribution in [2.75, 3.05) is 5.88 Å². The van der Waals surface area contributed by atoms with Crippen molar-refractivity contribution >= 4 is 17.7 Å². The van der Waals surface area contributed by atoms with E-state index in [9.17, 15) is 9.50 Å². The van der Waals surface area contributed by atoms with E-state index in [0.717, 1.165) is 0 Å². The molecule has 0 saturated heterocycles. The zero-order chi connectivity index (χ0) is 9.84. The Balaban J connectivity index is 3.12. The van der Waals surface area contributed by atoms with Crippen molar-refractivity contribution < 1.29 is 9.50 Å². The first-order chi connectivity index (χ1) is 6.15. The van der Waals surface area contributed by atoms with Gasteiger partial charge in [-0.3, -0.25) is 0 Å². The lowest BCUT2D eigenvalue weighted by Crippen LogP contribution is -1.83. The Morgan fingerprint density at radius 2 is 2.23 bits per heavy atom. The molecule has 0 saturated carbocycles. The maximum atomic E-state index is 12.9. The van der Waals surface area contributed by atoms with Gasteiger partial charge < -0.3 is 5.11 Å². The van der Waals surface area contributed by atoms with Gasteiger partial charge in [-0.1, -0.05) is 12.2 Å². The largest absolute Gasteiger partial charge is 0.507 e. The predicted octanol–water partition coefficient (Wildman–Crippen LogP) is 3.09. The van der Waals surface area contributed by atoms with Crippen molar-refractivity contribution in [3.05, 3.63) is 35.2 Å². The van der Waals surface area contributed by atoms with E-state index in [1.165, 1.54) is 12.1 Å². The average Bonchev–Trinajstić information content (AvgIpc) is 2.09. The standard InChI is InChI=1S/C10H10ClFO/c1-7-5-9(12)6-8(10(7)13)3-2-4-11/h2-3,5-6,13H,4H2,1H3. The SMILES string of the molecule is Cc1cc(F)cc(C=CCCl)c1O. The molecule has 3 heteroatoms. The lowest BCUT2D eigenvalue weighted by Gasteiger charge is -2.02. The second kappa shape index (κ2) is 4.28. The van der Waals surface area contributed by atoms with Gasteiger partial charge in [-0.25, -0.2) is 4.39 Å². The molecule has 0 aliphatic rings. The normalized spacial score (nSPS) is 11.0. The highest BCUT2D eigenvalue weighted by Gasteiger charge is 2.03. The lowest BCUT2D eigenvalue weighted by atomic mass is 10.1. The number of halogens is 2. The zero-order valence-corrected chi connectivity index (χ0v) is 7.98. The summed E-state index contributed by atoms with van der Waals surface area (Å²) in [5, 5.41) is 9.49. The average molecular weight is 201 g/mol. The Bertz CT molecular complexity index is 334. The number of benzene rings is 1. The minimum atomic E-state index is -0.357. The van der Waals surface area contributed by atoms with Crippen LogP contribution in [0.15, 0.2) is 18.2 Å². The van der Waals surface area contributed by atoms with Crippen LogP contribution in [0.2, 0.25) is 0 Å². The molecule has 0 atom stereocenters. The summed E-state index contributed by atoms with van der Waals surface area (Å²) >= 11 is 5.42. The molecule has 0 radical (unpaired) electrons. The third-order valence-electron chi connectivity index (χ3n) is 1.68. The smallest absolute Gasteiger partial charge is 0.125 e. The molecular formula is C10H10ClFO. The van der Waals surface area contributed by atoms with Crippen LogP contribution in [-0.2, 0) is 0 Å². The van der Waals surface area contributed by atoms with Crippen molar-refractivity contribution in [2.45, 2.75) is 6.92 Å². The number of allylic oxidation sites excluding steroid dienone is 1. The van der Waals surface area contributed by atoms with Crippen molar-refractivity contribution in [1.29, 1.82) is 0 Å². The van der Waals surface area contributed by atoms with E-state index in [0.29, 0.717) is 17.0 Å². The van der Waals surface area contributed by atoms with E-state index in [4.69, 9.17) is 11.6 Å². The summed E-state index contributed by atoms with van der Waals surface area (Å²) in [7, 11) is 0. The molecule has 0 heterocycles. The van der Waals surface area contributed by atoms with E-state index >= 15 is 0 Å². The van der Waals surface area contributed by atoms with E-state index in [1.54, 1.807) is 19.1 Å². The first-order valence-electron chi connectivity index (χ1n) is 3.86. The van der Waals surface area contributed by atoms with E-state index < -0.39 is 0 Å². The fraction of sp³-hybridized carbons (Fsp3) is 0.200. The summed E-state index contributed by atoms with van der Waals surface area (Å²) in [5.41, 5.74) is 0.979. The molecule has 1 N–H and O–H groups in total. The highest BCUT2D eigenvalue weighted by Crippen LogP contribution is 2.24. The van der Waals surface area contributed by atoms with Crippen molar-refractivity contribution in [3.8, 4) is 5.75 Å². The van der Waals surface area contributed by atoms with Gasteiger partial charge in [0.05, 0.1) is 0 Å². The van der Waals surface area contributed by atoms with Gasteiger partial charge in [0.2, 0.25) is 0 Å². The summed E-state index contributed by atoms with van der Waals surface area (Å²) < 4.78 is 12.9. The van der Waals surface area contributed by atoms with Crippen LogP contribution in [0.5, 0.6) is 5.75 Å². The molecular weight excluding hydrogens is 191 g/mol. The molecule has 0 aliphatic carbocycles. The second-order valence-corrected chi connectivity index (χ2v) is 3.03. The van der Waals surface area contributed by atoms with Crippen LogP contribution in [0.4, 0.5) is 4.39 Å². The summed E-state index contributed by atoms with van der Waals surface area (Å²) in [6.45, 7) is 1.65. The first-order valence-corrected chi connectivity index (χ1v) is 4.40. The quantitative estimate of drug-likeness (QED) is 0.728. The number of rotatable bonds is 2. The Labute approximate surface area is 81.5 Å². The molecule has 1 rings (SSSR count). The Morgan fingerprint density at radius 3 is 2.85 bits per heavy atom. The second-order valence-electron chi connectivity index (χ2n) is 2.72. The molecule has 1 aromatic carbocycles. The monoisotopic (exact) mass is 200 g/mol. The summed E-state index contributed by atoms with van der Waals surface area (Å²) in [5.74, 6) is 0.0851. The van der Waals surface area contributed by atoms with Crippen LogP contribution >= 0.6 is 11.6 Å². The van der Waals surface area contributed by atoms with Crippen molar-refractivity contribution in [3.63, 3.8) is 0 Å². The number of aryl methyl sites for hydroxylation is 1. The van der Waals surface area contributed by atoms with Gasteiger partial charge in [0, 0.05) is 11.4 Å². The number of alkyl halides is 1. The molecule has 0 aromatic heterocycles. The molecule has 0 bridgehead atoms. The molecule has 0 fully saturated rings. The summed E-state index contributed by atoms with van der Waals surface area (Å²) in [6.07, 6.45) is 3.24. The van der Waals surface area contributed by atoms with Gasteiger partial charge in [0.25, 0.3) is 0 Å². The summed E-state index contributed by atoms with van der Waals surface area (Å²) in [6, 6.07) is 2.55. The van der Waals surface area contributed by atoms with E-state index in [-0.39, 0.29) is 11.6 Å². The molecule has 0 amide bonds. The number of phenols is 1. The van der Waals surface area contributed by atoms with Crippen molar-refractivity contribution in [2.24, 2.45) is 0 Å². The van der Waals surface area contributed by atoms with Gasteiger partial charge in [-0.15, -0.1) is 11.6 Å². The van der Waals surface area contributed by atoms with Gasteiger partial charge in [0.1, 0.15) is 11.6 Å². The Morgan fingerprint density at radius 1 is 1.54 bits per heavy atom. The van der Waals surface area contributed by atoms with Crippen LogP contribution < -0.4 is 0 Å². The van der Waals surface area contributed by atoms with Gasteiger partial charge >= 0.3 is 0 Å². The summed E-state index contributed by atoms with van der Waals surface area (Å²) in [4.78, 5) is 0. The molecule has 13 heavy (non-hydrogen) atoms. The van der Waals surface area contributed by atoms with Gasteiger partial charge in [-0.05, 0) is 24.6 Å². The molecule has 70 valence electrons. The van der Waals surface area contributed by atoms with Crippen LogP contribution in [-0.4, -0.2) is 11.0 Å². The fourth-order valence-electron chi connectivity index (χ4n) is 1.06. The third kappa shape index (κ3) is 2.46. The maximum Gasteiger partial charge on any atom is 0.125 e. The number of aromatic hydroxyl groups is 1. The van der Waals surface area contributed by atoms with Crippen LogP contribution in [0.1, 0.15) is 11.1 Å². The number of phenolic OH excluding ortho intramolecular Hbond substituents is 1. The molecule has 0 spiro atoms. The topological polar surface area (TPSA) is 20.2 Å².